The van der Waals surface area contributed by atoms with Crippen LogP contribution in [0.3, 0.4) is 0 Å². The SMILES string of the molecule is Cc1ccc(C(C(=O)NC2CCCC2)N(C(=O)Cc2cccs2)c2ccccc2F)cc1. The van der Waals surface area contributed by atoms with E-state index in [4.69, 9.17) is 0 Å². The third kappa shape index (κ3) is 5.07. The molecule has 2 aromatic carbocycles. The van der Waals surface area contributed by atoms with Crippen molar-refractivity contribution >= 4 is 28.8 Å². The third-order valence-electron chi connectivity index (χ3n) is 5.89. The number of aryl methyl sites for hydroxylation is 1. The van der Waals surface area contributed by atoms with E-state index >= 15 is 0 Å². The molecule has 3 aromatic rings. The lowest BCUT2D eigenvalue weighted by atomic mass is 10.0. The first-order valence-electron chi connectivity index (χ1n) is 11.0. The molecule has 6 heteroatoms. The number of nitrogens with zero attached hydrogens (tertiary/aromatic N) is 1. The molecule has 1 aromatic heterocycles. The predicted molar refractivity (Wildman–Crippen MR) is 126 cm³/mol. The van der Waals surface area contributed by atoms with Gasteiger partial charge < -0.3 is 5.32 Å². The van der Waals surface area contributed by atoms with Crippen LogP contribution in [0.1, 0.15) is 47.7 Å². The van der Waals surface area contributed by atoms with Crippen LogP contribution in [0.25, 0.3) is 0 Å². The van der Waals surface area contributed by atoms with Crippen molar-refractivity contribution in [2.45, 2.75) is 51.1 Å². The molecule has 1 atom stereocenters. The largest absolute Gasteiger partial charge is 0.351 e. The number of rotatable bonds is 7. The van der Waals surface area contributed by atoms with E-state index in [-0.39, 0.29) is 30.0 Å². The number of nitrogens with one attached hydrogen (secondary N) is 1. The fourth-order valence-electron chi connectivity index (χ4n) is 4.23. The normalized spacial score (nSPS) is 14.8. The van der Waals surface area contributed by atoms with Gasteiger partial charge in [-0.15, -0.1) is 11.3 Å². The second-order valence-corrected chi connectivity index (χ2v) is 9.31. The highest BCUT2D eigenvalue weighted by Crippen LogP contribution is 2.32. The number of thiophene rings is 1. The van der Waals surface area contributed by atoms with E-state index in [0.29, 0.717) is 5.56 Å². The fraction of sp³-hybridized carbons (Fsp3) is 0.308. The van der Waals surface area contributed by atoms with E-state index in [2.05, 4.69) is 5.32 Å². The molecule has 0 spiro atoms. The lowest BCUT2D eigenvalue weighted by Gasteiger charge is -2.32. The van der Waals surface area contributed by atoms with Gasteiger partial charge in [0.05, 0.1) is 12.1 Å². The lowest BCUT2D eigenvalue weighted by Crippen LogP contribution is -2.47. The summed E-state index contributed by atoms with van der Waals surface area (Å²) < 4.78 is 15.0. The molecule has 4 nitrogen and oxygen atoms in total. The Kier molecular flexibility index (Phi) is 7.00. The Morgan fingerprint density at radius 2 is 1.78 bits per heavy atom. The minimum Gasteiger partial charge on any atom is -0.351 e. The van der Waals surface area contributed by atoms with E-state index in [1.807, 2.05) is 48.7 Å². The molecule has 0 bridgehead atoms. The van der Waals surface area contributed by atoms with E-state index in [0.717, 1.165) is 36.1 Å². The molecule has 166 valence electrons. The second-order valence-electron chi connectivity index (χ2n) is 8.27. The Morgan fingerprint density at radius 3 is 2.44 bits per heavy atom. The standard InChI is InChI=1S/C26H27FN2O2S/c1-18-12-14-19(15-13-18)25(26(31)28-20-7-2-3-8-20)29(23-11-5-4-10-22(23)27)24(30)17-21-9-6-16-32-21/h4-6,9-16,20,25H,2-3,7-8,17H2,1H3,(H,28,31). The third-order valence-corrected chi connectivity index (χ3v) is 6.76. The molecule has 1 saturated carbocycles. The molecular formula is C26H27FN2O2S. The summed E-state index contributed by atoms with van der Waals surface area (Å²) in [6.45, 7) is 1.97. The lowest BCUT2D eigenvalue weighted by molar-refractivity contribution is -0.127. The number of carbonyl (C=O) groups is 2. The molecule has 2 amide bonds. The van der Waals surface area contributed by atoms with Crippen LogP contribution in [0.2, 0.25) is 0 Å². The van der Waals surface area contributed by atoms with Crippen molar-refractivity contribution < 1.29 is 14.0 Å². The first-order chi connectivity index (χ1) is 15.5. The molecule has 0 aliphatic heterocycles. The summed E-state index contributed by atoms with van der Waals surface area (Å²) in [5.41, 5.74) is 1.82. The van der Waals surface area contributed by atoms with Crippen LogP contribution in [0.4, 0.5) is 10.1 Å². The highest BCUT2D eigenvalue weighted by atomic mass is 32.1. The molecule has 32 heavy (non-hydrogen) atoms. The Labute approximate surface area is 192 Å². The first kappa shape index (κ1) is 22.2. The predicted octanol–water partition coefficient (Wildman–Crippen LogP) is 5.57. The van der Waals surface area contributed by atoms with E-state index in [1.54, 1.807) is 18.2 Å². The number of hydrogen-bond acceptors (Lipinski definition) is 3. The highest BCUT2D eigenvalue weighted by Gasteiger charge is 2.35. The topological polar surface area (TPSA) is 49.4 Å². The van der Waals surface area contributed by atoms with Crippen LogP contribution >= 0.6 is 11.3 Å². The smallest absolute Gasteiger partial charge is 0.248 e. The summed E-state index contributed by atoms with van der Waals surface area (Å²) in [4.78, 5) is 29.4. The van der Waals surface area contributed by atoms with Gasteiger partial charge in [0.2, 0.25) is 11.8 Å². The summed E-state index contributed by atoms with van der Waals surface area (Å²) in [7, 11) is 0. The van der Waals surface area contributed by atoms with Crippen molar-refractivity contribution in [2.24, 2.45) is 0 Å². The molecule has 1 N–H and O–H groups in total. The summed E-state index contributed by atoms with van der Waals surface area (Å²) in [6.07, 6.45) is 4.11. The van der Waals surface area contributed by atoms with Gasteiger partial charge >= 0.3 is 0 Å². The number of halogens is 1. The van der Waals surface area contributed by atoms with Gasteiger partial charge in [-0.3, -0.25) is 14.5 Å². The van der Waals surface area contributed by atoms with Crippen molar-refractivity contribution in [1.29, 1.82) is 0 Å². The van der Waals surface area contributed by atoms with Crippen molar-refractivity contribution in [2.75, 3.05) is 4.90 Å². The average molecular weight is 451 g/mol. The van der Waals surface area contributed by atoms with Gasteiger partial charge in [-0.2, -0.15) is 0 Å². The van der Waals surface area contributed by atoms with Crippen molar-refractivity contribution in [3.63, 3.8) is 0 Å². The Hall–Kier alpha value is -2.99. The molecular weight excluding hydrogens is 423 g/mol. The Balaban J connectivity index is 1.77. The van der Waals surface area contributed by atoms with Gasteiger partial charge in [-0.1, -0.05) is 60.9 Å². The monoisotopic (exact) mass is 450 g/mol. The summed E-state index contributed by atoms with van der Waals surface area (Å²) in [5, 5.41) is 5.03. The molecule has 0 saturated heterocycles. The number of carbonyl (C=O) groups excluding carboxylic acids is 2. The van der Waals surface area contributed by atoms with Gasteiger partial charge in [-0.05, 0) is 48.9 Å². The highest BCUT2D eigenvalue weighted by molar-refractivity contribution is 7.10. The van der Waals surface area contributed by atoms with E-state index < -0.39 is 11.9 Å². The maximum atomic E-state index is 15.0. The minimum atomic E-state index is -0.958. The molecule has 1 unspecified atom stereocenters. The zero-order valence-corrected chi connectivity index (χ0v) is 18.9. The van der Waals surface area contributed by atoms with Crippen molar-refractivity contribution in [3.8, 4) is 0 Å². The van der Waals surface area contributed by atoms with Crippen LogP contribution in [0.15, 0.2) is 66.0 Å². The van der Waals surface area contributed by atoms with Crippen molar-refractivity contribution in [1.82, 2.24) is 5.32 Å². The maximum Gasteiger partial charge on any atom is 0.248 e. The number of hydrogen-bond donors (Lipinski definition) is 1. The fourth-order valence-corrected chi connectivity index (χ4v) is 4.92. The number of anilines is 1. The summed E-state index contributed by atoms with van der Waals surface area (Å²) >= 11 is 1.47. The summed E-state index contributed by atoms with van der Waals surface area (Å²) in [6, 6.07) is 16.6. The maximum absolute atomic E-state index is 15.0. The molecule has 4 rings (SSSR count). The van der Waals surface area contributed by atoms with Crippen LogP contribution in [0.5, 0.6) is 0 Å². The van der Waals surface area contributed by atoms with Gasteiger partial charge in [-0.25, -0.2) is 4.39 Å². The molecule has 0 radical (unpaired) electrons. The van der Waals surface area contributed by atoms with Gasteiger partial charge in [0, 0.05) is 10.9 Å². The van der Waals surface area contributed by atoms with Gasteiger partial charge in [0.25, 0.3) is 0 Å². The van der Waals surface area contributed by atoms with Crippen molar-refractivity contribution in [3.05, 3.63) is 87.9 Å². The molecule has 1 fully saturated rings. The van der Waals surface area contributed by atoms with Crippen LogP contribution in [-0.4, -0.2) is 17.9 Å². The zero-order valence-electron chi connectivity index (χ0n) is 18.1. The van der Waals surface area contributed by atoms with E-state index in [1.165, 1.54) is 22.3 Å². The number of amides is 2. The zero-order chi connectivity index (χ0) is 22.5. The average Bonchev–Trinajstić information content (AvgIpc) is 3.48. The van der Waals surface area contributed by atoms with Crippen LogP contribution in [-0.2, 0) is 16.0 Å². The van der Waals surface area contributed by atoms with Gasteiger partial charge in [0.15, 0.2) is 0 Å². The molecule has 1 aliphatic rings. The van der Waals surface area contributed by atoms with Gasteiger partial charge in [0.1, 0.15) is 11.9 Å². The second kappa shape index (κ2) is 10.1. The Bertz CT molecular complexity index is 1060. The minimum absolute atomic E-state index is 0.0883. The van der Waals surface area contributed by atoms with Crippen LogP contribution in [0, 0.1) is 12.7 Å². The van der Waals surface area contributed by atoms with E-state index in [9.17, 15) is 14.0 Å². The quantitative estimate of drug-likeness (QED) is 0.511. The van der Waals surface area contributed by atoms with Crippen LogP contribution < -0.4 is 10.2 Å². The number of para-hydroxylation sites is 1. The molecule has 1 heterocycles. The number of benzene rings is 2. The summed E-state index contributed by atoms with van der Waals surface area (Å²) in [5.74, 6) is -1.12. The molecule has 1 aliphatic carbocycles. The first-order valence-corrected chi connectivity index (χ1v) is 11.9. The Morgan fingerprint density at radius 1 is 1.06 bits per heavy atom.